The number of hydrogen-bond donors (Lipinski definition) is 2. The molecule has 1 aromatic rings. The predicted octanol–water partition coefficient (Wildman–Crippen LogP) is 1.67. The summed E-state index contributed by atoms with van der Waals surface area (Å²) in [5.74, 6) is 0. The molecule has 3 nitrogen and oxygen atoms in total. The minimum absolute atomic E-state index is 0.334. The summed E-state index contributed by atoms with van der Waals surface area (Å²) in [6.45, 7) is 5.99. The Labute approximate surface area is 89.7 Å². The highest BCUT2D eigenvalue weighted by Gasteiger charge is 2.00. The summed E-state index contributed by atoms with van der Waals surface area (Å²) in [5, 5.41) is 6.59. The van der Waals surface area contributed by atoms with Gasteiger partial charge in [0.15, 0.2) is 0 Å². The molecule has 4 heteroatoms. The average molecular weight is 213 g/mol. The number of rotatable bonds is 6. The van der Waals surface area contributed by atoms with Crippen molar-refractivity contribution in [3.05, 3.63) is 16.1 Å². The van der Waals surface area contributed by atoms with Crippen molar-refractivity contribution in [2.45, 2.75) is 39.3 Å². The number of nitrogens with zero attached hydrogens (tertiary/aromatic N) is 1. The molecule has 0 aliphatic heterocycles. The van der Waals surface area contributed by atoms with E-state index in [0.717, 1.165) is 36.6 Å². The molecule has 0 bridgehead atoms. The molecule has 0 spiro atoms. The van der Waals surface area contributed by atoms with Crippen LogP contribution in [0.3, 0.4) is 0 Å². The fraction of sp³-hybridized carbons (Fsp3) is 0.700. The molecule has 80 valence electrons. The minimum Gasteiger partial charge on any atom is -0.328 e. The van der Waals surface area contributed by atoms with Gasteiger partial charge in [0.2, 0.25) is 0 Å². The van der Waals surface area contributed by atoms with Crippen LogP contribution in [0.2, 0.25) is 0 Å². The standard InChI is InChI=1S/C10H19N3S/c1-3-9(11)4-5-12-6-10-13-8(2)7-14-10/h7,9,12H,3-6,11H2,1-2H3. The summed E-state index contributed by atoms with van der Waals surface area (Å²) in [6, 6.07) is 0.334. The smallest absolute Gasteiger partial charge is 0.107 e. The molecule has 1 atom stereocenters. The van der Waals surface area contributed by atoms with Gasteiger partial charge in [-0.3, -0.25) is 0 Å². The SMILES string of the molecule is CCC(N)CCNCc1nc(C)cs1. The zero-order chi connectivity index (χ0) is 10.4. The highest BCUT2D eigenvalue weighted by atomic mass is 32.1. The van der Waals surface area contributed by atoms with E-state index in [-0.39, 0.29) is 0 Å². The molecule has 1 rings (SSSR count). The van der Waals surface area contributed by atoms with Crippen LogP contribution in [0.1, 0.15) is 30.5 Å². The molecule has 0 amide bonds. The maximum Gasteiger partial charge on any atom is 0.107 e. The molecular weight excluding hydrogens is 194 g/mol. The average Bonchev–Trinajstić information content (AvgIpc) is 2.58. The van der Waals surface area contributed by atoms with Crippen LogP contribution < -0.4 is 11.1 Å². The first-order valence-corrected chi connectivity index (χ1v) is 5.97. The second-order valence-electron chi connectivity index (χ2n) is 3.52. The van der Waals surface area contributed by atoms with Gasteiger partial charge >= 0.3 is 0 Å². The van der Waals surface area contributed by atoms with Gasteiger partial charge in [-0.1, -0.05) is 6.92 Å². The van der Waals surface area contributed by atoms with Gasteiger partial charge in [-0.25, -0.2) is 4.98 Å². The molecule has 0 radical (unpaired) electrons. The van der Waals surface area contributed by atoms with Crippen LogP contribution in [0.15, 0.2) is 5.38 Å². The van der Waals surface area contributed by atoms with E-state index >= 15 is 0 Å². The first-order valence-electron chi connectivity index (χ1n) is 5.09. The van der Waals surface area contributed by atoms with E-state index in [9.17, 15) is 0 Å². The number of hydrogen-bond acceptors (Lipinski definition) is 4. The lowest BCUT2D eigenvalue weighted by atomic mass is 10.2. The fourth-order valence-electron chi connectivity index (χ4n) is 1.17. The summed E-state index contributed by atoms with van der Waals surface area (Å²) in [4.78, 5) is 4.37. The van der Waals surface area contributed by atoms with Gasteiger partial charge < -0.3 is 11.1 Å². The van der Waals surface area contributed by atoms with Crippen LogP contribution in [0, 0.1) is 6.92 Å². The number of aromatic nitrogens is 1. The van der Waals surface area contributed by atoms with E-state index in [2.05, 4.69) is 22.6 Å². The molecule has 0 saturated carbocycles. The van der Waals surface area contributed by atoms with Crippen molar-refractivity contribution in [1.82, 2.24) is 10.3 Å². The number of nitrogens with one attached hydrogen (secondary N) is 1. The van der Waals surface area contributed by atoms with Crippen LogP contribution in [0.4, 0.5) is 0 Å². The van der Waals surface area contributed by atoms with E-state index in [1.807, 2.05) is 6.92 Å². The third kappa shape index (κ3) is 4.17. The largest absolute Gasteiger partial charge is 0.328 e. The Morgan fingerprint density at radius 3 is 3.00 bits per heavy atom. The number of aryl methyl sites for hydroxylation is 1. The Hall–Kier alpha value is -0.450. The van der Waals surface area contributed by atoms with Gasteiger partial charge in [0.05, 0.1) is 0 Å². The normalized spacial score (nSPS) is 13.1. The van der Waals surface area contributed by atoms with Crippen molar-refractivity contribution >= 4 is 11.3 Å². The van der Waals surface area contributed by atoms with Crippen molar-refractivity contribution in [3.8, 4) is 0 Å². The first kappa shape index (κ1) is 11.6. The number of thiazole rings is 1. The molecule has 3 N–H and O–H groups in total. The van der Waals surface area contributed by atoms with Crippen molar-refractivity contribution in [2.75, 3.05) is 6.54 Å². The van der Waals surface area contributed by atoms with Crippen molar-refractivity contribution in [3.63, 3.8) is 0 Å². The maximum atomic E-state index is 5.80. The monoisotopic (exact) mass is 213 g/mol. The van der Waals surface area contributed by atoms with Gasteiger partial charge in [0, 0.05) is 23.7 Å². The van der Waals surface area contributed by atoms with Gasteiger partial charge in [0.25, 0.3) is 0 Å². The quantitative estimate of drug-likeness (QED) is 0.707. The topological polar surface area (TPSA) is 50.9 Å². The number of nitrogens with two attached hydrogens (primary N) is 1. The lowest BCUT2D eigenvalue weighted by molar-refractivity contribution is 0.549. The van der Waals surface area contributed by atoms with Crippen LogP contribution in [-0.4, -0.2) is 17.6 Å². The van der Waals surface area contributed by atoms with Crippen LogP contribution in [-0.2, 0) is 6.54 Å². The third-order valence-corrected chi connectivity index (χ3v) is 3.13. The molecule has 0 aromatic carbocycles. The van der Waals surface area contributed by atoms with Crippen molar-refractivity contribution < 1.29 is 0 Å². The van der Waals surface area contributed by atoms with Gasteiger partial charge in [-0.15, -0.1) is 11.3 Å². The highest BCUT2D eigenvalue weighted by molar-refractivity contribution is 7.09. The van der Waals surface area contributed by atoms with E-state index < -0.39 is 0 Å². The Balaban J connectivity index is 2.10. The van der Waals surface area contributed by atoms with Gasteiger partial charge in [-0.2, -0.15) is 0 Å². The summed E-state index contributed by atoms with van der Waals surface area (Å²) < 4.78 is 0. The van der Waals surface area contributed by atoms with E-state index in [4.69, 9.17) is 5.73 Å². The van der Waals surface area contributed by atoms with Crippen LogP contribution in [0.5, 0.6) is 0 Å². The van der Waals surface area contributed by atoms with Gasteiger partial charge in [0.1, 0.15) is 5.01 Å². The molecule has 1 heterocycles. The molecular formula is C10H19N3S. The van der Waals surface area contributed by atoms with Crippen molar-refractivity contribution in [1.29, 1.82) is 0 Å². The summed E-state index contributed by atoms with van der Waals surface area (Å²) in [7, 11) is 0. The van der Waals surface area contributed by atoms with Crippen molar-refractivity contribution in [2.24, 2.45) is 5.73 Å². The third-order valence-electron chi connectivity index (χ3n) is 2.16. The zero-order valence-corrected chi connectivity index (χ0v) is 9.73. The summed E-state index contributed by atoms with van der Waals surface area (Å²) >= 11 is 1.71. The van der Waals surface area contributed by atoms with E-state index in [1.54, 1.807) is 11.3 Å². The van der Waals surface area contributed by atoms with Gasteiger partial charge in [-0.05, 0) is 26.3 Å². The second-order valence-corrected chi connectivity index (χ2v) is 4.46. The molecule has 0 aliphatic carbocycles. The Kier molecular flexibility index (Phi) is 5.07. The van der Waals surface area contributed by atoms with E-state index in [1.165, 1.54) is 0 Å². The minimum atomic E-state index is 0.334. The van der Waals surface area contributed by atoms with Crippen LogP contribution in [0.25, 0.3) is 0 Å². The Bertz CT molecular complexity index is 260. The highest BCUT2D eigenvalue weighted by Crippen LogP contribution is 2.07. The Morgan fingerprint density at radius 2 is 2.43 bits per heavy atom. The molecule has 1 unspecified atom stereocenters. The maximum absolute atomic E-state index is 5.80. The molecule has 0 saturated heterocycles. The molecule has 0 fully saturated rings. The predicted molar refractivity (Wildman–Crippen MR) is 61.4 cm³/mol. The molecule has 1 aromatic heterocycles. The summed E-state index contributed by atoms with van der Waals surface area (Å²) in [5.41, 5.74) is 6.91. The van der Waals surface area contributed by atoms with E-state index in [0.29, 0.717) is 6.04 Å². The fourth-order valence-corrected chi connectivity index (χ4v) is 1.91. The van der Waals surface area contributed by atoms with Crippen LogP contribution >= 0.6 is 11.3 Å². The second kappa shape index (κ2) is 6.11. The lowest BCUT2D eigenvalue weighted by Crippen LogP contribution is -2.25. The Morgan fingerprint density at radius 1 is 1.64 bits per heavy atom. The molecule has 0 aliphatic rings. The summed E-state index contributed by atoms with van der Waals surface area (Å²) in [6.07, 6.45) is 2.10. The first-order chi connectivity index (χ1) is 6.72. The lowest BCUT2D eigenvalue weighted by Gasteiger charge is -2.08. The molecule has 14 heavy (non-hydrogen) atoms. The zero-order valence-electron chi connectivity index (χ0n) is 8.92.